The van der Waals surface area contributed by atoms with E-state index in [0.717, 1.165) is 59.0 Å². The fourth-order valence-electron chi connectivity index (χ4n) is 4.29. The second-order valence-electron chi connectivity index (χ2n) is 8.81. The minimum Gasteiger partial charge on any atom is -0.314 e. The molecule has 2 heterocycles. The zero-order chi connectivity index (χ0) is 24.3. The van der Waals surface area contributed by atoms with E-state index < -0.39 is 0 Å². The van der Waals surface area contributed by atoms with Gasteiger partial charge in [0.25, 0.3) is 0 Å². The third kappa shape index (κ3) is 7.10. The van der Waals surface area contributed by atoms with Crippen molar-refractivity contribution in [3.63, 3.8) is 0 Å². The van der Waals surface area contributed by atoms with Crippen LogP contribution >= 0.6 is 0 Å². The number of hydrogen-bond acceptors (Lipinski definition) is 3. The molecule has 1 N–H and O–H groups in total. The predicted octanol–water partition coefficient (Wildman–Crippen LogP) is 7.12. The highest BCUT2D eigenvalue weighted by molar-refractivity contribution is 5.70. The summed E-state index contributed by atoms with van der Waals surface area (Å²) in [5.41, 5.74) is 6.18. The average Bonchev–Trinajstić information content (AvgIpc) is 3.38. The SMILES string of the molecule is C=C(C)c1ccc(-c2ccccc2C#N)nc1CCCc1cccc(F)c1.CCC1CCCN1. The number of halogens is 1. The first-order valence-electron chi connectivity index (χ1n) is 12.1. The van der Waals surface area contributed by atoms with Crippen molar-refractivity contribution in [3.8, 4) is 17.3 Å². The van der Waals surface area contributed by atoms with E-state index in [0.29, 0.717) is 5.56 Å². The fraction of sp³-hybridized carbons (Fsp3) is 0.333. The Hall–Kier alpha value is -3.29. The van der Waals surface area contributed by atoms with E-state index in [9.17, 15) is 9.65 Å². The van der Waals surface area contributed by atoms with Crippen LogP contribution in [-0.2, 0) is 12.8 Å². The summed E-state index contributed by atoms with van der Waals surface area (Å²) in [4.78, 5) is 4.84. The molecule has 1 saturated heterocycles. The van der Waals surface area contributed by atoms with Crippen molar-refractivity contribution in [1.29, 1.82) is 5.26 Å². The molecule has 1 atom stereocenters. The number of benzene rings is 2. The largest absolute Gasteiger partial charge is 0.314 e. The van der Waals surface area contributed by atoms with Crippen LogP contribution < -0.4 is 5.32 Å². The lowest BCUT2D eigenvalue weighted by Crippen LogP contribution is -2.19. The Labute approximate surface area is 203 Å². The molecule has 0 aliphatic carbocycles. The molecule has 1 unspecified atom stereocenters. The molecule has 4 rings (SSSR count). The molecule has 4 heteroatoms. The molecule has 0 radical (unpaired) electrons. The molecule has 3 nitrogen and oxygen atoms in total. The Bertz CT molecular complexity index is 1140. The van der Waals surface area contributed by atoms with Crippen molar-refractivity contribution >= 4 is 5.57 Å². The van der Waals surface area contributed by atoms with E-state index in [2.05, 4.69) is 24.9 Å². The molecule has 1 aromatic heterocycles. The van der Waals surface area contributed by atoms with E-state index in [1.807, 2.05) is 43.3 Å². The molecular weight excluding hydrogens is 421 g/mol. The van der Waals surface area contributed by atoms with Gasteiger partial charge in [0.05, 0.1) is 17.3 Å². The van der Waals surface area contributed by atoms with Crippen molar-refractivity contribution in [2.24, 2.45) is 0 Å². The number of hydrogen-bond donors (Lipinski definition) is 1. The summed E-state index contributed by atoms with van der Waals surface area (Å²) in [5, 5.41) is 12.8. The van der Waals surface area contributed by atoms with E-state index in [1.54, 1.807) is 18.2 Å². The number of aromatic nitrogens is 1. The van der Waals surface area contributed by atoms with Gasteiger partial charge in [0, 0.05) is 17.3 Å². The standard InChI is InChI=1S/C24H21FN2.C6H13N/c1-17(2)21-13-14-24(22-11-4-3-9-19(22)16-26)27-23(21)12-6-8-18-7-5-10-20(25)15-18;1-2-6-4-3-5-7-6/h3-5,7,9-11,13-15H,1,6,8,12H2,2H3;6-7H,2-5H2,1H3. The van der Waals surface area contributed by atoms with Gasteiger partial charge in [0.2, 0.25) is 0 Å². The number of aryl methyl sites for hydroxylation is 2. The van der Waals surface area contributed by atoms with Gasteiger partial charge in [-0.05, 0) is 93.0 Å². The first-order chi connectivity index (χ1) is 16.5. The molecule has 1 fully saturated rings. The number of pyridine rings is 1. The third-order valence-corrected chi connectivity index (χ3v) is 6.18. The van der Waals surface area contributed by atoms with Crippen molar-refractivity contribution in [3.05, 3.63) is 95.4 Å². The minimum absolute atomic E-state index is 0.205. The van der Waals surface area contributed by atoms with Gasteiger partial charge in [-0.3, -0.25) is 4.98 Å². The monoisotopic (exact) mass is 455 g/mol. The van der Waals surface area contributed by atoms with Crippen LogP contribution in [0.1, 0.15) is 61.9 Å². The van der Waals surface area contributed by atoms with Crippen LogP contribution in [0.3, 0.4) is 0 Å². The highest BCUT2D eigenvalue weighted by Crippen LogP contribution is 2.26. The summed E-state index contributed by atoms with van der Waals surface area (Å²) in [6.45, 7) is 9.51. The Morgan fingerprint density at radius 2 is 1.97 bits per heavy atom. The van der Waals surface area contributed by atoms with Gasteiger partial charge in [0.1, 0.15) is 5.82 Å². The minimum atomic E-state index is -0.205. The van der Waals surface area contributed by atoms with Crippen LogP contribution in [0.2, 0.25) is 0 Å². The average molecular weight is 456 g/mol. The zero-order valence-electron chi connectivity index (χ0n) is 20.3. The Morgan fingerprint density at radius 1 is 1.15 bits per heavy atom. The van der Waals surface area contributed by atoms with Crippen LogP contribution in [0.15, 0.2) is 67.2 Å². The molecule has 0 amide bonds. The van der Waals surface area contributed by atoms with Gasteiger partial charge < -0.3 is 5.32 Å². The summed E-state index contributed by atoms with van der Waals surface area (Å²) in [6, 6.07) is 21.2. The summed E-state index contributed by atoms with van der Waals surface area (Å²) in [7, 11) is 0. The Kier molecular flexibility index (Phi) is 9.55. The lowest BCUT2D eigenvalue weighted by atomic mass is 9.98. The van der Waals surface area contributed by atoms with E-state index >= 15 is 0 Å². The lowest BCUT2D eigenvalue weighted by molar-refractivity contribution is 0.587. The first-order valence-corrected chi connectivity index (χ1v) is 12.1. The maximum absolute atomic E-state index is 13.3. The van der Waals surface area contributed by atoms with Crippen LogP contribution in [-0.4, -0.2) is 17.6 Å². The molecule has 1 aliphatic heterocycles. The molecule has 0 spiro atoms. The van der Waals surface area contributed by atoms with Gasteiger partial charge in [-0.25, -0.2) is 4.39 Å². The molecular formula is C30H34FN3. The normalized spacial score (nSPS) is 14.7. The van der Waals surface area contributed by atoms with Crippen LogP contribution in [0.5, 0.6) is 0 Å². The Balaban J connectivity index is 0.000000396. The van der Waals surface area contributed by atoms with Gasteiger partial charge in [-0.1, -0.05) is 49.9 Å². The number of rotatable bonds is 7. The second kappa shape index (κ2) is 12.8. The predicted molar refractivity (Wildman–Crippen MR) is 139 cm³/mol. The van der Waals surface area contributed by atoms with E-state index in [1.165, 1.54) is 31.9 Å². The second-order valence-corrected chi connectivity index (χ2v) is 8.81. The van der Waals surface area contributed by atoms with Crippen molar-refractivity contribution in [2.45, 2.75) is 58.4 Å². The molecule has 2 aromatic carbocycles. The molecule has 1 aliphatic rings. The highest BCUT2D eigenvalue weighted by atomic mass is 19.1. The van der Waals surface area contributed by atoms with Gasteiger partial charge in [-0.2, -0.15) is 5.26 Å². The van der Waals surface area contributed by atoms with Crippen molar-refractivity contribution in [2.75, 3.05) is 6.54 Å². The number of nitriles is 1. The number of nitrogens with zero attached hydrogens (tertiary/aromatic N) is 2. The van der Waals surface area contributed by atoms with Gasteiger partial charge in [0.15, 0.2) is 0 Å². The smallest absolute Gasteiger partial charge is 0.123 e. The number of nitrogens with one attached hydrogen (secondary N) is 1. The molecule has 0 saturated carbocycles. The van der Waals surface area contributed by atoms with Gasteiger partial charge >= 0.3 is 0 Å². The summed E-state index contributed by atoms with van der Waals surface area (Å²) < 4.78 is 13.3. The third-order valence-electron chi connectivity index (χ3n) is 6.18. The van der Waals surface area contributed by atoms with Crippen molar-refractivity contribution < 1.29 is 4.39 Å². The quantitative estimate of drug-likeness (QED) is 0.413. The molecule has 176 valence electrons. The number of allylic oxidation sites excluding steroid dienone is 1. The molecule has 0 bridgehead atoms. The fourth-order valence-corrected chi connectivity index (χ4v) is 4.29. The van der Waals surface area contributed by atoms with Crippen LogP contribution in [0.4, 0.5) is 4.39 Å². The lowest BCUT2D eigenvalue weighted by Gasteiger charge is -2.12. The van der Waals surface area contributed by atoms with Crippen LogP contribution in [0.25, 0.3) is 16.8 Å². The topological polar surface area (TPSA) is 48.7 Å². The Morgan fingerprint density at radius 3 is 2.62 bits per heavy atom. The first kappa shape index (κ1) is 25.3. The van der Waals surface area contributed by atoms with Crippen LogP contribution in [0, 0.1) is 17.1 Å². The highest BCUT2D eigenvalue weighted by Gasteiger charge is 2.11. The van der Waals surface area contributed by atoms with E-state index in [4.69, 9.17) is 4.98 Å². The zero-order valence-corrected chi connectivity index (χ0v) is 20.3. The molecule has 3 aromatic rings. The van der Waals surface area contributed by atoms with Crippen molar-refractivity contribution in [1.82, 2.24) is 10.3 Å². The maximum atomic E-state index is 13.3. The van der Waals surface area contributed by atoms with E-state index in [-0.39, 0.29) is 5.82 Å². The summed E-state index contributed by atoms with van der Waals surface area (Å²) in [5.74, 6) is -0.205. The summed E-state index contributed by atoms with van der Waals surface area (Å²) >= 11 is 0. The van der Waals surface area contributed by atoms with Gasteiger partial charge in [-0.15, -0.1) is 0 Å². The summed E-state index contributed by atoms with van der Waals surface area (Å²) in [6.07, 6.45) is 6.50. The molecule has 34 heavy (non-hydrogen) atoms. The maximum Gasteiger partial charge on any atom is 0.123 e.